The molecular formula is C22H24N4O3S3. The number of hydrogen-bond donors (Lipinski definition) is 1. The first-order chi connectivity index (χ1) is 15.4. The highest BCUT2D eigenvalue weighted by molar-refractivity contribution is 8.00. The number of Topliss-reactive ketones (excluding diaryl/α,β-unsaturated/α-hetero) is 1. The molecule has 0 amide bonds. The van der Waals surface area contributed by atoms with Gasteiger partial charge < -0.3 is 5.32 Å². The number of ketones is 1. The summed E-state index contributed by atoms with van der Waals surface area (Å²) in [6.45, 7) is 3.15. The Kier molecular flexibility index (Phi) is 7.24. The summed E-state index contributed by atoms with van der Waals surface area (Å²) in [5, 5.41) is 11.8. The zero-order valence-corrected chi connectivity index (χ0v) is 20.1. The highest BCUT2D eigenvalue weighted by Crippen LogP contribution is 2.28. The van der Waals surface area contributed by atoms with Crippen molar-refractivity contribution < 1.29 is 13.2 Å². The average molecular weight is 489 g/mol. The summed E-state index contributed by atoms with van der Waals surface area (Å²) in [7, 11) is -3.55. The van der Waals surface area contributed by atoms with Crippen molar-refractivity contribution in [2.45, 2.75) is 34.8 Å². The van der Waals surface area contributed by atoms with Gasteiger partial charge in [-0.1, -0.05) is 65.1 Å². The lowest BCUT2D eigenvalue weighted by molar-refractivity contribution is 0.101. The molecule has 0 saturated carbocycles. The van der Waals surface area contributed by atoms with E-state index in [2.05, 4.69) is 40.6 Å². The van der Waals surface area contributed by atoms with Crippen LogP contribution in [-0.2, 0) is 15.8 Å². The number of benzene rings is 2. The first-order valence-corrected chi connectivity index (χ1v) is 13.6. The van der Waals surface area contributed by atoms with E-state index in [-0.39, 0.29) is 17.2 Å². The molecule has 10 heteroatoms. The summed E-state index contributed by atoms with van der Waals surface area (Å²) < 4.78 is 27.8. The number of nitrogens with zero attached hydrogens (tertiary/aromatic N) is 3. The number of sulfonamides is 1. The van der Waals surface area contributed by atoms with Gasteiger partial charge in [-0.3, -0.25) is 4.79 Å². The SMILES string of the molecule is Cc1cccc(CSc2nnc(NCC(=O)c3cccc(S(=O)(=O)N4CCCC4)c3)s2)c1. The molecule has 0 spiro atoms. The molecule has 168 valence electrons. The summed E-state index contributed by atoms with van der Waals surface area (Å²) in [5.74, 6) is 0.598. The second-order valence-electron chi connectivity index (χ2n) is 7.57. The van der Waals surface area contributed by atoms with Gasteiger partial charge in [0.2, 0.25) is 15.2 Å². The number of aromatic nitrogens is 2. The zero-order valence-electron chi connectivity index (χ0n) is 17.7. The van der Waals surface area contributed by atoms with Crippen molar-refractivity contribution in [1.82, 2.24) is 14.5 Å². The van der Waals surface area contributed by atoms with Crippen LogP contribution in [-0.4, -0.2) is 48.3 Å². The Bertz CT molecular complexity index is 1200. The van der Waals surface area contributed by atoms with Gasteiger partial charge in [-0.15, -0.1) is 10.2 Å². The highest BCUT2D eigenvalue weighted by atomic mass is 32.2. The van der Waals surface area contributed by atoms with Crippen LogP contribution in [0.4, 0.5) is 5.13 Å². The van der Waals surface area contributed by atoms with E-state index in [0.29, 0.717) is 23.8 Å². The Morgan fingerprint density at radius 3 is 2.69 bits per heavy atom. The topological polar surface area (TPSA) is 92.3 Å². The average Bonchev–Trinajstić information content (AvgIpc) is 3.49. The second kappa shape index (κ2) is 10.1. The molecular weight excluding hydrogens is 464 g/mol. The lowest BCUT2D eigenvalue weighted by atomic mass is 10.1. The fourth-order valence-corrected chi connectivity index (χ4v) is 6.71. The summed E-state index contributed by atoms with van der Waals surface area (Å²) >= 11 is 2.99. The molecule has 0 radical (unpaired) electrons. The Morgan fingerprint density at radius 1 is 1.12 bits per heavy atom. The minimum Gasteiger partial charge on any atom is -0.353 e. The maximum absolute atomic E-state index is 12.8. The summed E-state index contributed by atoms with van der Waals surface area (Å²) in [6, 6.07) is 14.6. The Morgan fingerprint density at radius 2 is 1.91 bits per heavy atom. The van der Waals surface area contributed by atoms with E-state index in [4.69, 9.17) is 0 Å². The Balaban J connectivity index is 1.34. The molecule has 4 rings (SSSR count). The molecule has 2 heterocycles. The third-order valence-corrected chi connectivity index (χ3v) is 9.09. The third kappa shape index (κ3) is 5.55. The maximum Gasteiger partial charge on any atom is 0.243 e. The van der Waals surface area contributed by atoms with Crippen LogP contribution in [0.1, 0.15) is 34.3 Å². The number of nitrogens with one attached hydrogen (secondary N) is 1. The van der Waals surface area contributed by atoms with Gasteiger partial charge in [0.15, 0.2) is 10.1 Å². The van der Waals surface area contributed by atoms with Crippen LogP contribution >= 0.6 is 23.1 Å². The summed E-state index contributed by atoms with van der Waals surface area (Å²) in [5.41, 5.74) is 2.80. The molecule has 0 unspecified atom stereocenters. The molecule has 1 aliphatic rings. The summed E-state index contributed by atoms with van der Waals surface area (Å²) in [4.78, 5) is 12.8. The van der Waals surface area contributed by atoms with E-state index in [0.717, 1.165) is 22.9 Å². The molecule has 7 nitrogen and oxygen atoms in total. The lowest BCUT2D eigenvalue weighted by Crippen LogP contribution is -2.28. The molecule has 1 aliphatic heterocycles. The van der Waals surface area contributed by atoms with Crippen molar-refractivity contribution in [3.8, 4) is 0 Å². The maximum atomic E-state index is 12.8. The van der Waals surface area contributed by atoms with Crippen LogP contribution in [0.15, 0.2) is 57.8 Å². The van der Waals surface area contributed by atoms with Gasteiger partial charge in [0.05, 0.1) is 11.4 Å². The zero-order chi connectivity index (χ0) is 22.6. The number of thioether (sulfide) groups is 1. The fraction of sp³-hybridized carbons (Fsp3) is 0.318. The van der Waals surface area contributed by atoms with Crippen LogP contribution < -0.4 is 5.32 Å². The van der Waals surface area contributed by atoms with Crippen molar-refractivity contribution in [2.75, 3.05) is 25.0 Å². The number of hydrogen-bond acceptors (Lipinski definition) is 8. The fourth-order valence-electron chi connectivity index (χ4n) is 3.45. The molecule has 1 aromatic heterocycles. The van der Waals surface area contributed by atoms with E-state index in [9.17, 15) is 13.2 Å². The van der Waals surface area contributed by atoms with Gasteiger partial charge in [0.1, 0.15) is 0 Å². The van der Waals surface area contributed by atoms with E-state index in [1.807, 2.05) is 6.07 Å². The van der Waals surface area contributed by atoms with Gasteiger partial charge in [-0.25, -0.2) is 8.42 Å². The van der Waals surface area contributed by atoms with Crippen molar-refractivity contribution in [3.05, 3.63) is 65.2 Å². The van der Waals surface area contributed by atoms with Crippen molar-refractivity contribution >= 4 is 44.0 Å². The molecule has 2 aromatic carbocycles. The molecule has 0 atom stereocenters. The smallest absolute Gasteiger partial charge is 0.243 e. The molecule has 1 saturated heterocycles. The standard InChI is InChI=1S/C22H24N4O3S3/c1-16-6-4-7-17(12-16)15-30-22-25-24-21(31-22)23-14-20(27)18-8-5-9-19(13-18)32(28,29)26-10-2-3-11-26/h4-9,12-13H,2-3,10-11,14-15H2,1H3,(H,23,24). The molecule has 1 N–H and O–H groups in total. The van der Waals surface area contributed by atoms with Crippen LogP contribution in [0.25, 0.3) is 0 Å². The minimum absolute atomic E-state index is 0.0182. The lowest BCUT2D eigenvalue weighted by Gasteiger charge is -2.15. The monoisotopic (exact) mass is 488 g/mol. The molecule has 0 aliphatic carbocycles. The van der Waals surface area contributed by atoms with Crippen molar-refractivity contribution in [2.24, 2.45) is 0 Å². The van der Waals surface area contributed by atoms with Crippen LogP contribution in [0.3, 0.4) is 0 Å². The second-order valence-corrected chi connectivity index (χ2v) is 11.7. The predicted molar refractivity (Wildman–Crippen MR) is 128 cm³/mol. The van der Waals surface area contributed by atoms with E-state index < -0.39 is 10.0 Å². The van der Waals surface area contributed by atoms with Gasteiger partial charge in [-0.05, 0) is 37.5 Å². The summed E-state index contributed by atoms with van der Waals surface area (Å²) in [6.07, 6.45) is 1.74. The van der Waals surface area contributed by atoms with Crippen LogP contribution in [0.2, 0.25) is 0 Å². The van der Waals surface area contributed by atoms with Gasteiger partial charge >= 0.3 is 0 Å². The molecule has 32 heavy (non-hydrogen) atoms. The van der Waals surface area contributed by atoms with E-state index in [1.165, 1.54) is 32.8 Å². The number of carbonyl (C=O) groups excluding carboxylic acids is 1. The molecule has 3 aromatic rings. The Labute approximate surface area is 196 Å². The van der Waals surface area contributed by atoms with Crippen molar-refractivity contribution in [1.29, 1.82) is 0 Å². The quantitative estimate of drug-likeness (QED) is 0.356. The van der Waals surface area contributed by atoms with Crippen molar-refractivity contribution in [3.63, 3.8) is 0 Å². The first kappa shape index (κ1) is 22.9. The molecule has 0 bridgehead atoms. The van der Waals surface area contributed by atoms with Gasteiger partial charge in [0, 0.05) is 24.4 Å². The normalized spacial score (nSPS) is 14.5. The van der Waals surface area contributed by atoms with E-state index in [1.54, 1.807) is 30.0 Å². The van der Waals surface area contributed by atoms with Gasteiger partial charge in [-0.2, -0.15) is 4.31 Å². The Hall–Kier alpha value is -2.27. The van der Waals surface area contributed by atoms with Crippen LogP contribution in [0.5, 0.6) is 0 Å². The van der Waals surface area contributed by atoms with E-state index >= 15 is 0 Å². The van der Waals surface area contributed by atoms with Gasteiger partial charge in [0.25, 0.3) is 0 Å². The highest BCUT2D eigenvalue weighted by Gasteiger charge is 2.27. The predicted octanol–water partition coefficient (Wildman–Crippen LogP) is 4.22. The first-order valence-electron chi connectivity index (χ1n) is 10.3. The molecule has 1 fully saturated rings. The number of anilines is 1. The number of aryl methyl sites for hydroxylation is 1. The largest absolute Gasteiger partial charge is 0.353 e. The number of carbonyl (C=O) groups is 1. The number of rotatable bonds is 9. The third-order valence-electron chi connectivity index (χ3n) is 5.11. The minimum atomic E-state index is -3.55. The van der Waals surface area contributed by atoms with Crippen LogP contribution in [0, 0.1) is 6.92 Å².